The standard InChI is InChI=1S/C35H44Cl2N4O7/c1-35(2,3)38-17-27(42)33(43)48-21-24-20-40(18-22-11-13-28(44-4)30(15-22)46-6)34(39-32-25(36)9-8-10-26(32)37)41(24)19-23-12-14-29(45-5)31(16-23)47-7/h8-16,24,27,38,42H,17-21H2,1-7H3. The van der Waals surface area contributed by atoms with Crippen molar-refractivity contribution in [3.05, 3.63) is 75.8 Å². The van der Waals surface area contributed by atoms with Crippen molar-refractivity contribution >= 4 is 40.8 Å². The van der Waals surface area contributed by atoms with Crippen LogP contribution in [0.5, 0.6) is 23.0 Å². The third-order valence-electron chi connectivity index (χ3n) is 7.70. The first-order valence-electron chi connectivity index (χ1n) is 15.4. The number of rotatable bonds is 14. The molecule has 0 aromatic heterocycles. The Labute approximate surface area is 292 Å². The van der Waals surface area contributed by atoms with Gasteiger partial charge in [-0.1, -0.05) is 41.4 Å². The number of hydrogen-bond acceptors (Lipinski definition) is 9. The highest BCUT2D eigenvalue weighted by atomic mass is 35.5. The van der Waals surface area contributed by atoms with Gasteiger partial charge in [0, 0.05) is 31.7 Å². The molecule has 0 radical (unpaired) electrons. The van der Waals surface area contributed by atoms with E-state index in [9.17, 15) is 9.90 Å². The Hall–Kier alpha value is -3.90. The predicted molar refractivity (Wildman–Crippen MR) is 187 cm³/mol. The van der Waals surface area contributed by atoms with Gasteiger partial charge in [-0.15, -0.1) is 0 Å². The number of nitrogens with one attached hydrogen (secondary N) is 1. The number of benzene rings is 3. The van der Waals surface area contributed by atoms with Crippen LogP contribution in [0.4, 0.5) is 5.69 Å². The van der Waals surface area contributed by atoms with Gasteiger partial charge in [-0.05, 0) is 68.3 Å². The molecule has 1 fully saturated rings. The van der Waals surface area contributed by atoms with Crippen LogP contribution in [0.3, 0.4) is 0 Å². The largest absolute Gasteiger partial charge is 0.493 e. The second kappa shape index (κ2) is 16.5. The molecule has 1 saturated heterocycles. The van der Waals surface area contributed by atoms with Crippen LogP contribution < -0.4 is 24.3 Å². The Morgan fingerprint density at radius 3 is 1.96 bits per heavy atom. The molecule has 1 heterocycles. The molecule has 0 amide bonds. The van der Waals surface area contributed by atoms with E-state index in [0.717, 1.165) is 11.1 Å². The van der Waals surface area contributed by atoms with Gasteiger partial charge in [-0.3, -0.25) is 0 Å². The zero-order chi connectivity index (χ0) is 35.0. The van der Waals surface area contributed by atoms with Crippen LogP contribution >= 0.6 is 23.2 Å². The number of β-amino-alcohol motifs (C(OH)–C–C–N with tert-alkyl or cyclic N) is 1. The molecule has 0 bridgehead atoms. The minimum Gasteiger partial charge on any atom is -0.493 e. The van der Waals surface area contributed by atoms with Crippen LogP contribution in [-0.2, 0) is 22.6 Å². The lowest BCUT2D eigenvalue weighted by molar-refractivity contribution is -0.154. The molecule has 260 valence electrons. The second-order valence-corrected chi connectivity index (χ2v) is 13.1. The highest BCUT2D eigenvalue weighted by Gasteiger charge is 2.37. The molecule has 11 nitrogen and oxygen atoms in total. The average molecular weight is 704 g/mol. The lowest BCUT2D eigenvalue weighted by atomic mass is 10.1. The number of aliphatic hydroxyl groups is 1. The Balaban J connectivity index is 1.74. The Morgan fingerprint density at radius 1 is 0.896 bits per heavy atom. The number of carbonyl (C=O) groups is 1. The van der Waals surface area contributed by atoms with E-state index in [4.69, 9.17) is 51.9 Å². The summed E-state index contributed by atoms with van der Waals surface area (Å²) in [5.74, 6) is 2.21. The van der Waals surface area contributed by atoms with Gasteiger partial charge in [0.2, 0.25) is 5.96 Å². The minimum absolute atomic E-state index is 0.0175. The summed E-state index contributed by atoms with van der Waals surface area (Å²) in [6, 6.07) is 16.2. The fraction of sp³-hybridized carbons (Fsp3) is 0.429. The van der Waals surface area contributed by atoms with Crippen LogP contribution in [0.2, 0.25) is 10.0 Å². The summed E-state index contributed by atoms with van der Waals surface area (Å²) in [5.41, 5.74) is 1.95. The van der Waals surface area contributed by atoms with Crippen LogP contribution in [0.15, 0.2) is 59.6 Å². The van der Waals surface area contributed by atoms with E-state index in [1.165, 1.54) is 0 Å². The van der Waals surface area contributed by atoms with Crippen LogP contribution in [0.1, 0.15) is 31.9 Å². The molecule has 4 rings (SSSR count). The maximum atomic E-state index is 12.9. The lowest BCUT2D eigenvalue weighted by Gasteiger charge is -2.27. The maximum absolute atomic E-state index is 12.9. The molecule has 2 unspecified atom stereocenters. The van der Waals surface area contributed by atoms with Crippen LogP contribution in [-0.4, -0.2) is 92.7 Å². The molecular formula is C35H44Cl2N4O7. The van der Waals surface area contributed by atoms with Gasteiger partial charge in [-0.2, -0.15) is 0 Å². The van der Waals surface area contributed by atoms with Crippen molar-refractivity contribution in [3.63, 3.8) is 0 Å². The SMILES string of the molecule is COc1ccc(CN2CC(COC(=O)C(O)CNC(C)(C)C)N(Cc3ccc(OC)c(OC)c3)C2=Nc2c(Cl)cccc2Cl)cc1OC. The first kappa shape index (κ1) is 36.9. The van der Waals surface area contributed by atoms with Crippen molar-refractivity contribution < 1.29 is 33.6 Å². The molecule has 3 aromatic rings. The number of hydrogen-bond donors (Lipinski definition) is 2. The second-order valence-electron chi connectivity index (χ2n) is 12.3. The van der Waals surface area contributed by atoms with E-state index < -0.39 is 12.1 Å². The molecule has 0 saturated carbocycles. The molecule has 1 aliphatic heterocycles. The van der Waals surface area contributed by atoms with E-state index in [1.54, 1.807) is 46.6 Å². The molecular weight excluding hydrogens is 659 g/mol. The quantitative estimate of drug-likeness (QED) is 0.203. The van der Waals surface area contributed by atoms with Crippen molar-refractivity contribution in [2.45, 2.75) is 51.5 Å². The molecule has 0 aliphatic carbocycles. The average Bonchev–Trinajstić information content (AvgIpc) is 3.37. The van der Waals surface area contributed by atoms with Crippen molar-refractivity contribution in [2.24, 2.45) is 4.99 Å². The zero-order valence-corrected chi connectivity index (χ0v) is 29.9. The number of ether oxygens (including phenoxy) is 5. The maximum Gasteiger partial charge on any atom is 0.336 e. The van der Waals surface area contributed by atoms with E-state index in [1.807, 2.05) is 62.1 Å². The summed E-state index contributed by atoms with van der Waals surface area (Å²) in [6.07, 6.45) is -1.33. The number of para-hydroxylation sites is 1. The number of halogens is 2. The third-order valence-corrected chi connectivity index (χ3v) is 8.31. The van der Waals surface area contributed by atoms with Gasteiger partial charge < -0.3 is 43.9 Å². The molecule has 3 aromatic carbocycles. The number of aliphatic hydroxyl groups excluding tert-OH is 1. The Kier molecular flexibility index (Phi) is 12.7. The highest BCUT2D eigenvalue weighted by Crippen LogP contribution is 2.36. The topological polar surface area (TPSA) is 114 Å². The Morgan fingerprint density at radius 2 is 1.44 bits per heavy atom. The van der Waals surface area contributed by atoms with Gasteiger partial charge in [-0.25, -0.2) is 9.79 Å². The Bertz CT molecular complexity index is 1580. The van der Waals surface area contributed by atoms with E-state index in [2.05, 4.69) is 10.2 Å². The van der Waals surface area contributed by atoms with Crippen molar-refractivity contribution in [2.75, 3.05) is 48.1 Å². The predicted octanol–water partition coefficient (Wildman–Crippen LogP) is 5.69. The molecule has 2 N–H and O–H groups in total. The molecule has 0 spiro atoms. The zero-order valence-electron chi connectivity index (χ0n) is 28.4. The third kappa shape index (κ3) is 9.37. The van der Waals surface area contributed by atoms with Gasteiger partial charge in [0.15, 0.2) is 29.1 Å². The van der Waals surface area contributed by atoms with Crippen LogP contribution in [0, 0.1) is 0 Å². The van der Waals surface area contributed by atoms with Crippen LogP contribution in [0.25, 0.3) is 0 Å². The van der Waals surface area contributed by atoms with Crippen molar-refractivity contribution in [3.8, 4) is 23.0 Å². The number of methoxy groups -OCH3 is 4. The number of carbonyl (C=O) groups excluding carboxylic acids is 1. The fourth-order valence-corrected chi connectivity index (χ4v) is 5.71. The number of guanidine groups is 1. The van der Waals surface area contributed by atoms with Gasteiger partial charge >= 0.3 is 5.97 Å². The normalized spacial score (nSPS) is 16.2. The lowest BCUT2D eigenvalue weighted by Crippen LogP contribution is -2.44. The summed E-state index contributed by atoms with van der Waals surface area (Å²) >= 11 is 13.2. The fourth-order valence-electron chi connectivity index (χ4n) is 5.22. The van der Waals surface area contributed by atoms with Gasteiger partial charge in [0.25, 0.3) is 0 Å². The number of nitrogens with zero attached hydrogens (tertiary/aromatic N) is 3. The number of esters is 1. The van der Waals surface area contributed by atoms with E-state index in [0.29, 0.717) is 64.3 Å². The summed E-state index contributed by atoms with van der Waals surface area (Å²) in [4.78, 5) is 22.1. The van der Waals surface area contributed by atoms with Crippen molar-refractivity contribution in [1.82, 2.24) is 15.1 Å². The van der Waals surface area contributed by atoms with Gasteiger partial charge in [0.05, 0.1) is 44.5 Å². The summed E-state index contributed by atoms with van der Waals surface area (Å²) in [7, 11) is 6.34. The molecule has 13 heteroatoms. The molecule has 2 atom stereocenters. The van der Waals surface area contributed by atoms with Crippen molar-refractivity contribution in [1.29, 1.82) is 0 Å². The molecule has 1 aliphatic rings. The first-order chi connectivity index (χ1) is 22.9. The van der Waals surface area contributed by atoms with Gasteiger partial charge in [0.1, 0.15) is 12.3 Å². The highest BCUT2D eigenvalue weighted by molar-refractivity contribution is 6.38. The number of aliphatic imine (C=N–C) groups is 1. The first-order valence-corrected chi connectivity index (χ1v) is 16.2. The summed E-state index contributed by atoms with van der Waals surface area (Å²) in [5, 5.41) is 14.5. The van der Waals surface area contributed by atoms with E-state index in [-0.39, 0.29) is 24.7 Å². The summed E-state index contributed by atoms with van der Waals surface area (Å²) in [6.45, 7) is 7.11. The monoisotopic (exact) mass is 702 g/mol. The molecule has 48 heavy (non-hydrogen) atoms. The summed E-state index contributed by atoms with van der Waals surface area (Å²) < 4.78 is 27.7. The smallest absolute Gasteiger partial charge is 0.336 e. The minimum atomic E-state index is -1.33. The van der Waals surface area contributed by atoms with E-state index >= 15 is 0 Å².